The SMILES string of the molecule is C=C(CCO)C(=O)CN=C1NC(=O)S/C1=C\C1CCN(Cc2ccc(C(F)(F)F)cc2C(F)(F)F)CC1. The van der Waals surface area contributed by atoms with Gasteiger partial charge in [-0.1, -0.05) is 18.7 Å². The van der Waals surface area contributed by atoms with Crippen molar-refractivity contribution < 1.29 is 41.0 Å². The van der Waals surface area contributed by atoms with Crippen LogP contribution >= 0.6 is 11.8 Å². The third-order valence-corrected chi connectivity index (χ3v) is 6.84. The van der Waals surface area contributed by atoms with Gasteiger partial charge >= 0.3 is 12.4 Å². The first kappa shape index (κ1) is 28.9. The largest absolute Gasteiger partial charge is 0.416 e. The second kappa shape index (κ2) is 11.8. The summed E-state index contributed by atoms with van der Waals surface area (Å²) in [5, 5.41) is 11.1. The number of halogens is 6. The number of ketones is 1. The smallest absolute Gasteiger partial charge is 0.396 e. The van der Waals surface area contributed by atoms with Gasteiger partial charge in [-0.15, -0.1) is 0 Å². The molecule has 0 atom stereocenters. The Morgan fingerprint density at radius 2 is 1.86 bits per heavy atom. The van der Waals surface area contributed by atoms with Crippen LogP contribution in [0.15, 0.2) is 46.3 Å². The molecule has 2 N–H and O–H groups in total. The second-order valence-corrected chi connectivity index (χ2v) is 9.71. The van der Waals surface area contributed by atoms with Crippen LogP contribution in [-0.2, 0) is 23.7 Å². The van der Waals surface area contributed by atoms with Gasteiger partial charge in [-0.25, -0.2) is 0 Å². The fourth-order valence-corrected chi connectivity index (χ4v) is 4.81. The Balaban J connectivity index is 1.64. The van der Waals surface area contributed by atoms with Crippen LogP contribution < -0.4 is 5.32 Å². The Hall–Kier alpha value is -2.64. The van der Waals surface area contributed by atoms with E-state index >= 15 is 0 Å². The van der Waals surface area contributed by atoms with E-state index in [-0.39, 0.29) is 66.1 Å². The number of aliphatic hydroxyl groups excluding tert-OH is 1. The average molecular weight is 550 g/mol. The van der Waals surface area contributed by atoms with E-state index in [4.69, 9.17) is 5.11 Å². The number of Topliss-reactive ketones (excluding diaryl/α,β-unsaturated/α-hetero) is 1. The van der Waals surface area contributed by atoms with Crippen LogP contribution in [-0.4, -0.2) is 53.1 Å². The average Bonchev–Trinajstić information content (AvgIpc) is 3.16. The summed E-state index contributed by atoms with van der Waals surface area (Å²) >= 11 is 0.925. The molecule has 0 aromatic heterocycles. The number of aliphatic imine (C=N–C) groups is 1. The molecule has 2 aliphatic heterocycles. The van der Waals surface area contributed by atoms with E-state index in [9.17, 15) is 35.9 Å². The molecule has 1 aromatic rings. The van der Waals surface area contributed by atoms with E-state index in [2.05, 4.69) is 16.9 Å². The number of allylic oxidation sites excluding steroid dienone is 1. The van der Waals surface area contributed by atoms with E-state index in [1.807, 2.05) is 6.08 Å². The number of likely N-dealkylation sites (tertiary alicyclic amines) is 1. The van der Waals surface area contributed by atoms with E-state index in [0.717, 1.165) is 17.8 Å². The van der Waals surface area contributed by atoms with Crippen molar-refractivity contribution in [2.45, 2.75) is 38.2 Å². The monoisotopic (exact) mass is 549 g/mol. The molecular weight excluding hydrogens is 524 g/mol. The maximum Gasteiger partial charge on any atom is 0.416 e. The zero-order valence-corrected chi connectivity index (χ0v) is 20.4. The highest BCUT2D eigenvalue weighted by Gasteiger charge is 2.38. The first-order chi connectivity index (χ1) is 17.3. The Morgan fingerprint density at radius 1 is 1.19 bits per heavy atom. The third kappa shape index (κ3) is 7.92. The number of nitrogens with one attached hydrogen (secondary N) is 1. The van der Waals surface area contributed by atoms with Crippen LogP contribution in [0, 0.1) is 5.92 Å². The summed E-state index contributed by atoms with van der Waals surface area (Å²) in [5.74, 6) is -0.115. The molecule has 202 valence electrons. The number of aliphatic hydroxyl groups is 1. The van der Waals surface area contributed by atoms with E-state index in [1.165, 1.54) is 0 Å². The number of benzene rings is 1. The van der Waals surface area contributed by atoms with Crippen LogP contribution in [0.3, 0.4) is 0 Å². The van der Waals surface area contributed by atoms with Gasteiger partial charge in [0.15, 0.2) is 5.78 Å². The molecule has 6 nitrogen and oxygen atoms in total. The summed E-state index contributed by atoms with van der Waals surface area (Å²) in [4.78, 5) is 30.3. The number of carbonyl (C=O) groups excluding carboxylic acids is 2. The molecule has 2 fully saturated rings. The van der Waals surface area contributed by atoms with Crippen molar-refractivity contribution in [3.8, 4) is 0 Å². The quantitative estimate of drug-likeness (QED) is 0.345. The first-order valence-electron chi connectivity index (χ1n) is 11.3. The van der Waals surface area contributed by atoms with Gasteiger partial charge < -0.3 is 10.4 Å². The summed E-state index contributed by atoms with van der Waals surface area (Å²) in [7, 11) is 0. The number of alkyl halides is 6. The van der Waals surface area contributed by atoms with Gasteiger partial charge in [-0.2, -0.15) is 26.3 Å². The lowest BCUT2D eigenvalue weighted by atomic mass is 9.95. The molecule has 0 radical (unpaired) electrons. The number of hydrogen-bond donors (Lipinski definition) is 2. The van der Waals surface area contributed by atoms with Crippen molar-refractivity contribution in [3.63, 3.8) is 0 Å². The Bertz CT molecular complexity index is 1110. The van der Waals surface area contributed by atoms with Gasteiger partial charge in [-0.3, -0.25) is 19.5 Å². The van der Waals surface area contributed by atoms with Gasteiger partial charge in [-0.05, 0) is 73.3 Å². The third-order valence-electron chi connectivity index (χ3n) is 6.00. The van der Waals surface area contributed by atoms with Crippen molar-refractivity contribution in [3.05, 3.63) is 58.0 Å². The van der Waals surface area contributed by atoms with Crippen LogP contribution in [0.2, 0.25) is 0 Å². The van der Waals surface area contributed by atoms with Crippen molar-refractivity contribution in [2.24, 2.45) is 10.9 Å². The maximum absolute atomic E-state index is 13.4. The summed E-state index contributed by atoms with van der Waals surface area (Å²) in [6.45, 7) is 3.81. The molecule has 3 rings (SSSR count). The van der Waals surface area contributed by atoms with Gasteiger partial charge in [0.25, 0.3) is 5.24 Å². The van der Waals surface area contributed by atoms with Crippen molar-refractivity contribution in [1.82, 2.24) is 10.2 Å². The maximum atomic E-state index is 13.4. The van der Waals surface area contributed by atoms with Gasteiger partial charge in [0.2, 0.25) is 0 Å². The lowest BCUT2D eigenvalue weighted by Gasteiger charge is -2.31. The molecule has 0 unspecified atom stereocenters. The molecule has 2 heterocycles. The molecule has 0 spiro atoms. The predicted octanol–water partition coefficient (Wildman–Crippen LogP) is 5.18. The molecule has 0 bridgehead atoms. The van der Waals surface area contributed by atoms with E-state index in [1.54, 1.807) is 4.90 Å². The van der Waals surface area contributed by atoms with Gasteiger partial charge in [0.1, 0.15) is 12.4 Å². The van der Waals surface area contributed by atoms with E-state index in [0.29, 0.717) is 36.9 Å². The topological polar surface area (TPSA) is 82.0 Å². The number of amides is 1. The number of carbonyl (C=O) groups is 2. The molecule has 2 saturated heterocycles. The molecule has 2 aliphatic rings. The number of piperidine rings is 1. The van der Waals surface area contributed by atoms with Crippen LogP contribution in [0.4, 0.5) is 31.1 Å². The number of thioether (sulfide) groups is 1. The minimum absolute atomic E-state index is 0.00797. The summed E-state index contributed by atoms with van der Waals surface area (Å²) in [5.41, 5.74) is -2.64. The van der Waals surface area contributed by atoms with Crippen molar-refractivity contribution >= 4 is 28.6 Å². The molecule has 1 aromatic carbocycles. The molecular formula is C24H25F6N3O3S. The predicted molar refractivity (Wildman–Crippen MR) is 127 cm³/mol. The van der Waals surface area contributed by atoms with Crippen LogP contribution in [0.5, 0.6) is 0 Å². The molecule has 0 saturated carbocycles. The molecule has 37 heavy (non-hydrogen) atoms. The fourth-order valence-electron chi connectivity index (χ4n) is 3.99. The van der Waals surface area contributed by atoms with Crippen LogP contribution in [0.25, 0.3) is 0 Å². The highest BCUT2D eigenvalue weighted by molar-refractivity contribution is 8.18. The standard InChI is InChI=1S/C24H25F6N3O3S/c1-14(6-9-34)19(35)12-31-21-20(37-22(36)32-21)10-15-4-7-33(8-5-15)13-16-2-3-17(23(25,26)27)11-18(16)24(28,29)30/h2-3,10-11,15,34H,1,4-9,12-13H2,(H,31,32,36)/b20-10-. The minimum Gasteiger partial charge on any atom is -0.396 e. The summed E-state index contributed by atoms with van der Waals surface area (Å²) in [6.07, 6.45) is -6.71. The lowest BCUT2D eigenvalue weighted by molar-refractivity contribution is -0.143. The zero-order chi connectivity index (χ0) is 27.4. The minimum atomic E-state index is -4.92. The normalized spacial score (nSPS) is 20.0. The van der Waals surface area contributed by atoms with Gasteiger partial charge in [0.05, 0.1) is 16.0 Å². The fraction of sp³-hybridized carbons (Fsp3) is 0.458. The number of amidine groups is 1. The van der Waals surface area contributed by atoms with Crippen molar-refractivity contribution in [1.29, 1.82) is 0 Å². The van der Waals surface area contributed by atoms with Crippen molar-refractivity contribution in [2.75, 3.05) is 26.2 Å². The number of nitrogens with zero attached hydrogens (tertiary/aromatic N) is 2. The highest BCUT2D eigenvalue weighted by Crippen LogP contribution is 2.38. The second-order valence-electron chi connectivity index (χ2n) is 8.69. The Kier molecular flexibility index (Phi) is 9.24. The highest BCUT2D eigenvalue weighted by atomic mass is 32.2. The first-order valence-corrected chi connectivity index (χ1v) is 12.2. The zero-order valence-electron chi connectivity index (χ0n) is 19.6. The summed E-state index contributed by atoms with van der Waals surface area (Å²) in [6, 6.07) is 1.69. The Morgan fingerprint density at radius 3 is 2.46 bits per heavy atom. The molecule has 1 amide bonds. The Labute approximate surface area is 213 Å². The molecule has 0 aliphatic carbocycles. The summed E-state index contributed by atoms with van der Waals surface area (Å²) < 4.78 is 79.1. The molecule has 13 heteroatoms. The van der Waals surface area contributed by atoms with Gasteiger partial charge in [0, 0.05) is 13.2 Å². The van der Waals surface area contributed by atoms with E-state index < -0.39 is 23.5 Å². The van der Waals surface area contributed by atoms with Crippen LogP contribution in [0.1, 0.15) is 36.0 Å². The number of rotatable bonds is 8. The number of hydrogen-bond acceptors (Lipinski definition) is 6. The lowest BCUT2D eigenvalue weighted by Crippen LogP contribution is -2.33.